The predicted molar refractivity (Wildman–Crippen MR) is 86.2 cm³/mol. The first-order valence-corrected chi connectivity index (χ1v) is 8.29. The lowest BCUT2D eigenvalue weighted by Gasteiger charge is -2.02. The average molecular weight is 309 g/mol. The van der Waals surface area contributed by atoms with Crippen molar-refractivity contribution in [2.24, 2.45) is 0 Å². The van der Waals surface area contributed by atoms with E-state index in [0.29, 0.717) is 12.1 Å². The number of nitrogens with one attached hydrogen (secondary N) is 1. The van der Waals surface area contributed by atoms with E-state index in [2.05, 4.69) is 12.2 Å². The summed E-state index contributed by atoms with van der Waals surface area (Å²) in [7, 11) is 0. The van der Waals surface area contributed by atoms with Crippen molar-refractivity contribution < 1.29 is 14.0 Å². The quantitative estimate of drug-likeness (QED) is 0.521. The highest BCUT2D eigenvalue weighted by Crippen LogP contribution is 2.13. The lowest BCUT2D eigenvalue weighted by Crippen LogP contribution is -2.21. The highest BCUT2D eigenvalue weighted by Gasteiger charge is 2.05. The highest BCUT2D eigenvalue weighted by atomic mass is 32.2. The molecule has 1 heterocycles. The van der Waals surface area contributed by atoms with Gasteiger partial charge in [0.1, 0.15) is 6.26 Å². The van der Waals surface area contributed by atoms with E-state index >= 15 is 0 Å². The van der Waals surface area contributed by atoms with Crippen LogP contribution in [0.2, 0.25) is 0 Å². The molecule has 0 saturated carbocycles. The molecular formula is C16H23NO3S. The second-order valence-electron chi connectivity index (χ2n) is 4.78. The number of hydrogen-bond donors (Lipinski definition) is 1. The van der Waals surface area contributed by atoms with Crippen molar-refractivity contribution in [1.29, 1.82) is 0 Å². The van der Waals surface area contributed by atoms with Crippen LogP contribution in [0.5, 0.6) is 0 Å². The molecule has 0 fully saturated rings. The first-order valence-electron chi connectivity index (χ1n) is 7.41. The number of hydrogen-bond acceptors (Lipinski definition) is 4. The van der Waals surface area contributed by atoms with E-state index in [9.17, 15) is 9.59 Å². The van der Waals surface area contributed by atoms with Crippen LogP contribution >= 0.6 is 11.8 Å². The van der Waals surface area contributed by atoms with Gasteiger partial charge in [-0.1, -0.05) is 50.8 Å². The molecule has 1 amide bonds. The summed E-state index contributed by atoms with van der Waals surface area (Å²) in [6, 6.07) is 1.60. The van der Waals surface area contributed by atoms with Crippen LogP contribution in [0.4, 0.5) is 0 Å². The maximum Gasteiger partial charge on any atom is 0.244 e. The molecule has 0 atom stereocenters. The van der Waals surface area contributed by atoms with Crippen molar-refractivity contribution in [1.82, 2.24) is 5.32 Å². The van der Waals surface area contributed by atoms with Gasteiger partial charge in [0.25, 0.3) is 0 Å². The SMILES string of the molecule is CCCCCCCCNC(=O)C=CSC(=O)c1ccoc1. The zero-order valence-corrected chi connectivity index (χ0v) is 13.3. The largest absolute Gasteiger partial charge is 0.472 e. The first kappa shape index (κ1) is 17.6. The number of carbonyl (C=O) groups is 2. The number of carbonyl (C=O) groups excluding carboxylic acids is 2. The van der Waals surface area contributed by atoms with Gasteiger partial charge >= 0.3 is 0 Å². The number of furan rings is 1. The molecule has 0 spiro atoms. The summed E-state index contributed by atoms with van der Waals surface area (Å²) >= 11 is 0.975. The summed E-state index contributed by atoms with van der Waals surface area (Å²) in [5.41, 5.74) is 0.497. The maximum atomic E-state index is 11.6. The summed E-state index contributed by atoms with van der Waals surface area (Å²) in [6.45, 7) is 2.89. The van der Waals surface area contributed by atoms with Crippen molar-refractivity contribution in [2.45, 2.75) is 45.4 Å². The number of rotatable bonds is 10. The molecular weight excluding hydrogens is 286 g/mol. The molecule has 21 heavy (non-hydrogen) atoms. The van der Waals surface area contributed by atoms with Crippen LogP contribution in [0.3, 0.4) is 0 Å². The van der Waals surface area contributed by atoms with E-state index in [4.69, 9.17) is 4.42 Å². The fourth-order valence-corrected chi connectivity index (χ4v) is 2.35. The molecule has 1 aromatic rings. The van der Waals surface area contributed by atoms with Gasteiger partial charge < -0.3 is 9.73 Å². The zero-order valence-electron chi connectivity index (χ0n) is 12.5. The van der Waals surface area contributed by atoms with Crippen LogP contribution in [-0.2, 0) is 4.79 Å². The standard InChI is InChI=1S/C16H23NO3S/c1-2-3-4-5-6-7-10-17-15(18)9-12-21-16(19)14-8-11-20-13-14/h8-9,11-13H,2-7,10H2,1H3,(H,17,18). The van der Waals surface area contributed by atoms with E-state index in [0.717, 1.165) is 24.6 Å². The van der Waals surface area contributed by atoms with Gasteiger partial charge in [0.15, 0.2) is 0 Å². The first-order chi connectivity index (χ1) is 10.2. The predicted octanol–water partition coefficient (Wildman–Crippen LogP) is 4.14. The third kappa shape index (κ3) is 8.40. The van der Waals surface area contributed by atoms with E-state index in [1.165, 1.54) is 49.7 Å². The summed E-state index contributed by atoms with van der Waals surface area (Å²) in [5.74, 6) is -0.156. The number of amides is 1. The monoisotopic (exact) mass is 309 g/mol. The minimum Gasteiger partial charge on any atom is -0.472 e. The van der Waals surface area contributed by atoms with E-state index in [-0.39, 0.29) is 11.0 Å². The van der Waals surface area contributed by atoms with Gasteiger partial charge in [-0.3, -0.25) is 9.59 Å². The number of thioether (sulfide) groups is 1. The molecule has 0 aliphatic carbocycles. The van der Waals surface area contributed by atoms with Gasteiger partial charge in [0, 0.05) is 12.6 Å². The highest BCUT2D eigenvalue weighted by molar-refractivity contribution is 8.16. The minimum atomic E-state index is -0.156. The van der Waals surface area contributed by atoms with Crippen molar-refractivity contribution in [3.05, 3.63) is 35.6 Å². The molecule has 0 aromatic carbocycles. The summed E-state index contributed by atoms with van der Waals surface area (Å²) in [6.07, 6.45) is 11.4. The van der Waals surface area contributed by atoms with Crippen molar-refractivity contribution >= 4 is 22.8 Å². The third-order valence-electron chi connectivity index (χ3n) is 2.98. The Hall–Kier alpha value is -1.49. The molecule has 0 unspecified atom stereocenters. The van der Waals surface area contributed by atoms with Crippen molar-refractivity contribution in [2.75, 3.05) is 6.54 Å². The van der Waals surface area contributed by atoms with Gasteiger partial charge in [-0.25, -0.2) is 0 Å². The molecule has 0 bridgehead atoms. The molecule has 0 aliphatic heterocycles. The Kier molecular flexibility index (Phi) is 9.37. The maximum absolute atomic E-state index is 11.6. The molecule has 1 rings (SSSR count). The van der Waals surface area contributed by atoms with Crippen LogP contribution in [0, 0.1) is 0 Å². The molecule has 4 nitrogen and oxygen atoms in total. The average Bonchev–Trinajstić information content (AvgIpc) is 3.00. The second kappa shape index (κ2) is 11.2. The lowest BCUT2D eigenvalue weighted by atomic mass is 10.1. The van der Waals surface area contributed by atoms with Crippen LogP contribution in [0.1, 0.15) is 55.8 Å². The molecule has 5 heteroatoms. The third-order valence-corrected chi connectivity index (χ3v) is 3.70. The summed E-state index contributed by atoms with van der Waals surface area (Å²) < 4.78 is 4.83. The Labute approximate surface area is 130 Å². The molecule has 0 radical (unpaired) electrons. The molecule has 0 aliphatic rings. The fourth-order valence-electron chi connectivity index (χ4n) is 1.78. The Morgan fingerprint density at radius 3 is 2.71 bits per heavy atom. The number of unbranched alkanes of at least 4 members (excludes halogenated alkanes) is 5. The van der Waals surface area contributed by atoms with Gasteiger partial charge in [0.2, 0.25) is 11.0 Å². The van der Waals surface area contributed by atoms with Crippen molar-refractivity contribution in [3.63, 3.8) is 0 Å². The Morgan fingerprint density at radius 2 is 2.00 bits per heavy atom. The van der Waals surface area contributed by atoms with Crippen LogP contribution in [-0.4, -0.2) is 17.6 Å². The van der Waals surface area contributed by atoms with E-state index < -0.39 is 0 Å². The molecule has 1 N–H and O–H groups in total. The topological polar surface area (TPSA) is 59.3 Å². The Balaban J connectivity index is 2.05. The summed E-state index contributed by atoms with van der Waals surface area (Å²) in [5, 5.41) is 4.18. The summed E-state index contributed by atoms with van der Waals surface area (Å²) in [4.78, 5) is 23.1. The van der Waals surface area contributed by atoms with Crippen LogP contribution in [0.15, 0.2) is 34.5 Å². The van der Waals surface area contributed by atoms with E-state index in [1.54, 1.807) is 6.07 Å². The van der Waals surface area contributed by atoms with Crippen LogP contribution in [0.25, 0.3) is 0 Å². The smallest absolute Gasteiger partial charge is 0.244 e. The second-order valence-corrected chi connectivity index (χ2v) is 5.66. The van der Waals surface area contributed by atoms with Gasteiger partial charge in [-0.05, 0) is 17.9 Å². The van der Waals surface area contributed by atoms with Crippen molar-refractivity contribution in [3.8, 4) is 0 Å². The Morgan fingerprint density at radius 1 is 1.24 bits per heavy atom. The van der Waals surface area contributed by atoms with Gasteiger partial charge in [-0.15, -0.1) is 0 Å². The van der Waals surface area contributed by atoms with Gasteiger partial charge in [-0.2, -0.15) is 0 Å². The lowest BCUT2D eigenvalue weighted by molar-refractivity contribution is -0.116. The Bertz CT molecular complexity index is 440. The molecule has 116 valence electrons. The zero-order chi connectivity index (χ0) is 15.3. The molecule has 0 saturated heterocycles. The normalized spacial score (nSPS) is 10.9. The minimum absolute atomic E-state index is 0.135. The molecule has 1 aromatic heterocycles. The fraction of sp³-hybridized carbons (Fsp3) is 0.500. The van der Waals surface area contributed by atoms with Crippen LogP contribution < -0.4 is 5.32 Å². The van der Waals surface area contributed by atoms with Gasteiger partial charge in [0.05, 0.1) is 11.8 Å². The van der Waals surface area contributed by atoms with E-state index in [1.807, 2.05) is 0 Å².